The summed E-state index contributed by atoms with van der Waals surface area (Å²) >= 11 is 7.38. The maximum atomic E-state index is 12.9. The van der Waals surface area contributed by atoms with Crippen LogP contribution < -0.4 is 4.72 Å². The molecule has 32 heavy (non-hydrogen) atoms. The van der Waals surface area contributed by atoms with E-state index in [9.17, 15) is 13.2 Å². The number of sulfonamides is 1. The highest BCUT2D eigenvalue weighted by Gasteiger charge is 2.25. The minimum atomic E-state index is -3.83. The Morgan fingerprint density at radius 1 is 1.22 bits per heavy atom. The van der Waals surface area contributed by atoms with Gasteiger partial charge in [0.2, 0.25) is 0 Å². The number of aryl methyl sites for hydroxylation is 3. The maximum Gasteiger partial charge on any atom is 0.266 e. The number of benzene rings is 1. The van der Waals surface area contributed by atoms with Crippen molar-refractivity contribution in [1.29, 1.82) is 0 Å². The number of nitrogens with zero attached hydrogens (tertiary/aromatic N) is 3. The van der Waals surface area contributed by atoms with Gasteiger partial charge in [-0.05, 0) is 37.6 Å². The lowest BCUT2D eigenvalue weighted by Gasteiger charge is -2.26. The van der Waals surface area contributed by atoms with E-state index in [1.165, 1.54) is 17.5 Å². The van der Waals surface area contributed by atoms with Crippen LogP contribution in [0.5, 0.6) is 0 Å². The van der Waals surface area contributed by atoms with Crippen molar-refractivity contribution < 1.29 is 17.9 Å². The van der Waals surface area contributed by atoms with Gasteiger partial charge in [0.25, 0.3) is 15.9 Å². The zero-order valence-corrected chi connectivity index (χ0v) is 20.3. The van der Waals surface area contributed by atoms with E-state index in [2.05, 4.69) is 9.71 Å². The Bertz CT molecular complexity index is 1280. The molecule has 8 nitrogen and oxygen atoms in total. The molecular weight excluding hydrogens is 472 g/mol. The first-order valence-corrected chi connectivity index (χ1v) is 12.6. The number of carbonyl (C=O) groups excluding carboxylic acids is 1. The van der Waals surface area contributed by atoms with Crippen molar-refractivity contribution in [3.63, 3.8) is 0 Å². The van der Waals surface area contributed by atoms with Gasteiger partial charge in [-0.25, -0.2) is 13.4 Å². The third-order valence-corrected chi connectivity index (χ3v) is 8.15. The molecular formula is C21H23ClN4O4S2. The van der Waals surface area contributed by atoms with Crippen molar-refractivity contribution in [2.45, 2.75) is 18.7 Å². The molecule has 3 heterocycles. The molecule has 0 bridgehead atoms. The van der Waals surface area contributed by atoms with Gasteiger partial charge in [0.15, 0.2) is 0 Å². The second-order valence-corrected chi connectivity index (χ2v) is 10.7. The van der Waals surface area contributed by atoms with Crippen molar-refractivity contribution in [3.05, 3.63) is 51.6 Å². The fourth-order valence-corrected chi connectivity index (χ4v) is 5.77. The van der Waals surface area contributed by atoms with E-state index < -0.39 is 10.0 Å². The quantitative estimate of drug-likeness (QED) is 0.583. The molecule has 1 aliphatic rings. The van der Waals surface area contributed by atoms with Crippen LogP contribution in [0.25, 0.3) is 10.7 Å². The Morgan fingerprint density at radius 3 is 2.62 bits per heavy atom. The van der Waals surface area contributed by atoms with Crippen molar-refractivity contribution in [2.24, 2.45) is 7.05 Å². The number of aromatic nitrogens is 2. The molecule has 0 atom stereocenters. The Kier molecular flexibility index (Phi) is 6.30. The molecule has 0 unspecified atom stereocenters. The minimum absolute atomic E-state index is 0.0745. The molecule has 1 amide bonds. The fraction of sp³-hybridized carbons (Fsp3) is 0.333. The number of ether oxygens (including phenoxy) is 1. The number of hydrogen-bond donors (Lipinski definition) is 1. The molecule has 1 aromatic carbocycles. The number of nitrogens with one attached hydrogen (secondary N) is 1. The van der Waals surface area contributed by atoms with Crippen LogP contribution in [0, 0.1) is 13.8 Å². The predicted octanol–water partition coefficient (Wildman–Crippen LogP) is 3.69. The third-order valence-electron chi connectivity index (χ3n) is 5.22. The highest BCUT2D eigenvalue weighted by atomic mass is 35.5. The zero-order chi connectivity index (χ0) is 23.0. The summed E-state index contributed by atoms with van der Waals surface area (Å²) in [5, 5.41) is 1.07. The van der Waals surface area contributed by atoms with Gasteiger partial charge in [-0.1, -0.05) is 17.7 Å². The molecule has 0 radical (unpaired) electrons. The van der Waals surface area contributed by atoms with Crippen LogP contribution in [0.4, 0.5) is 5.69 Å². The number of halogens is 1. The number of amides is 1. The normalized spacial score (nSPS) is 14.6. The maximum absolute atomic E-state index is 12.9. The summed E-state index contributed by atoms with van der Waals surface area (Å²) in [4.78, 5) is 19.8. The van der Waals surface area contributed by atoms with Crippen LogP contribution in [0.1, 0.15) is 20.9 Å². The number of morpholine rings is 1. The van der Waals surface area contributed by atoms with E-state index in [1.807, 2.05) is 6.92 Å². The van der Waals surface area contributed by atoms with E-state index in [4.69, 9.17) is 16.3 Å². The predicted molar refractivity (Wildman–Crippen MR) is 125 cm³/mol. The summed E-state index contributed by atoms with van der Waals surface area (Å²) in [6.07, 6.45) is 1.52. The highest BCUT2D eigenvalue weighted by molar-refractivity contribution is 7.92. The molecule has 0 saturated carbocycles. The van der Waals surface area contributed by atoms with Gasteiger partial charge in [0, 0.05) is 31.4 Å². The number of hydrogen-bond acceptors (Lipinski definition) is 6. The summed E-state index contributed by atoms with van der Waals surface area (Å²) in [6, 6.07) is 6.55. The summed E-state index contributed by atoms with van der Waals surface area (Å²) < 4.78 is 35.4. The van der Waals surface area contributed by atoms with Gasteiger partial charge in [-0.3, -0.25) is 9.52 Å². The largest absolute Gasteiger partial charge is 0.378 e. The number of rotatable bonds is 5. The van der Waals surface area contributed by atoms with Crippen LogP contribution in [0.2, 0.25) is 5.02 Å². The molecule has 0 aliphatic carbocycles. The molecule has 3 aromatic rings. The van der Waals surface area contributed by atoms with Gasteiger partial charge in [0.05, 0.1) is 30.3 Å². The second kappa shape index (κ2) is 8.86. The minimum Gasteiger partial charge on any atom is -0.378 e. The standard InChI is InChI=1S/C21H23ClN4O4S2/c1-13-4-5-15(10-17(13)22)24-32(28,29)16-11-18(25(3)12-16)20-23-14(2)19(31-20)21(27)26-6-8-30-9-7-26/h4-5,10-12,24H,6-9H2,1-3H3. The number of thiazole rings is 1. The summed E-state index contributed by atoms with van der Waals surface area (Å²) in [6.45, 7) is 5.78. The van der Waals surface area contributed by atoms with Crippen LogP contribution in [-0.2, 0) is 21.8 Å². The van der Waals surface area contributed by atoms with Crippen LogP contribution >= 0.6 is 22.9 Å². The molecule has 2 aromatic heterocycles. The lowest BCUT2D eigenvalue weighted by atomic mass is 10.2. The van der Waals surface area contributed by atoms with Gasteiger partial charge < -0.3 is 14.2 Å². The molecule has 1 fully saturated rings. The van der Waals surface area contributed by atoms with Crippen molar-refractivity contribution >= 4 is 44.6 Å². The summed E-state index contributed by atoms with van der Waals surface area (Å²) in [5.74, 6) is -0.0745. The Labute approximate surface area is 195 Å². The van der Waals surface area contributed by atoms with Crippen molar-refractivity contribution in [2.75, 3.05) is 31.0 Å². The Hall–Kier alpha value is -2.40. The van der Waals surface area contributed by atoms with Gasteiger partial charge in [-0.15, -0.1) is 11.3 Å². The molecule has 1 saturated heterocycles. The molecule has 0 spiro atoms. The van der Waals surface area contributed by atoms with E-state index in [1.54, 1.807) is 47.7 Å². The van der Waals surface area contributed by atoms with E-state index in [-0.39, 0.29) is 10.8 Å². The topological polar surface area (TPSA) is 93.5 Å². The second-order valence-electron chi connectivity index (χ2n) is 7.58. The smallest absolute Gasteiger partial charge is 0.266 e. The number of anilines is 1. The molecule has 1 aliphatic heterocycles. The number of carbonyl (C=O) groups is 1. The third kappa shape index (κ3) is 4.54. The molecule has 170 valence electrons. The fourth-order valence-electron chi connectivity index (χ4n) is 3.38. The summed E-state index contributed by atoms with van der Waals surface area (Å²) in [7, 11) is -2.08. The van der Waals surface area contributed by atoms with Crippen molar-refractivity contribution in [1.82, 2.24) is 14.5 Å². The molecule has 4 rings (SSSR count). The van der Waals surface area contributed by atoms with Gasteiger partial charge in [-0.2, -0.15) is 0 Å². The molecule has 1 N–H and O–H groups in total. The molecule has 11 heteroatoms. The van der Waals surface area contributed by atoms with Crippen LogP contribution in [0.3, 0.4) is 0 Å². The average Bonchev–Trinajstić information content (AvgIpc) is 3.33. The average molecular weight is 495 g/mol. The van der Waals surface area contributed by atoms with E-state index in [0.717, 1.165) is 5.56 Å². The monoisotopic (exact) mass is 494 g/mol. The summed E-state index contributed by atoms with van der Waals surface area (Å²) in [5.41, 5.74) is 2.48. The Balaban J connectivity index is 1.60. The van der Waals surface area contributed by atoms with Gasteiger partial charge >= 0.3 is 0 Å². The lowest BCUT2D eigenvalue weighted by molar-refractivity contribution is 0.0305. The first kappa shape index (κ1) is 22.8. The first-order valence-electron chi connectivity index (χ1n) is 9.96. The van der Waals surface area contributed by atoms with E-state index >= 15 is 0 Å². The van der Waals surface area contributed by atoms with Crippen LogP contribution in [-0.4, -0.2) is 55.1 Å². The van der Waals surface area contributed by atoms with Crippen LogP contribution in [0.15, 0.2) is 35.4 Å². The highest BCUT2D eigenvalue weighted by Crippen LogP contribution is 2.32. The Morgan fingerprint density at radius 2 is 1.94 bits per heavy atom. The zero-order valence-electron chi connectivity index (χ0n) is 17.9. The lowest BCUT2D eigenvalue weighted by Crippen LogP contribution is -2.40. The van der Waals surface area contributed by atoms with Gasteiger partial charge in [0.1, 0.15) is 14.8 Å². The van der Waals surface area contributed by atoms with Crippen molar-refractivity contribution in [3.8, 4) is 10.7 Å². The first-order chi connectivity index (χ1) is 15.2. The SMILES string of the molecule is Cc1ccc(NS(=O)(=O)c2cc(-c3nc(C)c(C(=O)N4CCOCC4)s3)n(C)c2)cc1Cl. The van der Waals surface area contributed by atoms with E-state index in [0.29, 0.717) is 58.3 Å².